The summed E-state index contributed by atoms with van der Waals surface area (Å²) in [6.07, 6.45) is 5.38. The van der Waals surface area contributed by atoms with Gasteiger partial charge < -0.3 is 10.1 Å². The Kier molecular flexibility index (Phi) is 5.02. The molecule has 0 heterocycles. The summed E-state index contributed by atoms with van der Waals surface area (Å²) in [6.45, 7) is 4.02. The molecule has 0 atom stereocenters. The standard InChI is InChI=1S/C15H23NO/c1-2-16-14-8-10-15(11-9-14)17-12-13-6-4-3-5-7-13/h3-7,14-16H,2,8-12H2,1H3. The zero-order chi connectivity index (χ0) is 11.9. The lowest BCUT2D eigenvalue weighted by molar-refractivity contribution is 0.0114. The Bertz CT molecular complexity index is 304. The molecule has 17 heavy (non-hydrogen) atoms. The molecule has 2 nitrogen and oxygen atoms in total. The van der Waals surface area contributed by atoms with Gasteiger partial charge >= 0.3 is 0 Å². The van der Waals surface area contributed by atoms with Gasteiger partial charge in [-0.2, -0.15) is 0 Å². The SMILES string of the molecule is CCNC1CCC(OCc2ccccc2)CC1. The Balaban J connectivity index is 1.68. The van der Waals surface area contributed by atoms with Crippen molar-refractivity contribution in [3.63, 3.8) is 0 Å². The van der Waals surface area contributed by atoms with Crippen molar-refractivity contribution in [3.05, 3.63) is 35.9 Å². The van der Waals surface area contributed by atoms with E-state index < -0.39 is 0 Å². The molecule has 1 aromatic rings. The average Bonchev–Trinajstić information content (AvgIpc) is 2.40. The monoisotopic (exact) mass is 233 g/mol. The first-order chi connectivity index (χ1) is 8.38. The zero-order valence-corrected chi connectivity index (χ0v) is 10.7. The summed E-state index contributed by atoms with van der Waals surface area (Å²) in [5.74, 6) is 0. The molecule has 0 unspecified atom stereocenters. The van der Waals surface area contributed by atoms with E-state index >= 15 is 0 Å². The fourth-order valence-electron chi connectivity index (χ4n) is 2.51. The molecule has 2 rings (SSSR count). The molecule has 1 N–H and O–H groups in total. The van der Waals surface area contributed by atoms with Crippen LogP contribution < -0.4 is 5.32 Å². The summed E-state index contributed by atoms with van der Waals surface area (Å²) < 4.78 is 5.97. The molecule has 0 saturated heterocycles. The normalized spacial score (nSPS) is 24.8. The Morgan fingerprint density at radius 1 is 1.12 bits per heavy atom. The summed E-state index contributed by atoms with van der Waals surface area (Å²) in [5, 5.41) is 3.52. The first kappa shape index (κ1) is 12.6. The van der Waals surface area contributed by atoms with E-state index in [1.165, 1.54) is 31.2 Å². The van der Waals surface area contributed by atoms with Crippen molar-refractivity contribution in [1.29, 1.82) is 0 Å². The van der Waals surface area contributed by atoms with Crippen molar-refractivity contribution in [2.45, 2.75) is 51.4 Å². The second-order valence-corrected chi connectivity index (χ2v) is 4.83. The summed E-state index contributed by atoms with van der Waals surface area (Å²) in [5.41, 5.74) is 1.28. The predicted molar refractivity (Wildman–Crippen MR) is 71.0 cm³/mol. The first-order valence-electron chi connectivity index (χ1n) is 6.77. The van der Waals surface area contributed by atoms with Crippen LogP contribution in [0.25, 0.3) is 0 Å². The van der Waals surface area contributed by atoms with Gasteiger partial charge in [0.25, 0.3) is 0 Å². The lowest BCUT2D eigenvalue weighted by Crippen LogP contribution is -2.35. The van der Waals surface area contributed by atoms with Crippen LogP contribution in [0.2, 0.25) is 0 Å². The molecule has 0 bridgehead atoms. The largest absolute Gasteiger partial charge is 0.374 e. The van der Waals surface area contributed by atoms with Crippen molar-refractivity contribution in [1.82, 2.24) is 5.32 Å². The molecule has 1 fully saturated rings. The third kappa shape index (κ3) is 4.14. The van der Waals surface area contributed by atoms with E-state index in [1.54, 1.807) is 0 Å². The van der Waals surface area contributed by atoms with Crippen LogP contribution in [0.1, 0.15) is 38.2 Å². The number of ether oxygens (including phenoxy) is 1. The summed E-state index contributed by atoms with van der Waals surface area (Å²) in [6, 6.07) is 11.2. The average molecular weight is 233 g/mol. The van der Waals surface area contributed by atoms with Crippen molar-refractivity contribution in [2.24, 2.45) is 0 Å². The lowest BCUT2D eigenvalue weighted by Gasteiger charge is -2.29. The molecule has 0 spiro atoms. The van der Waals surface area contributed by atoms with Crippen LogP contribution in [0.3, 0.4) is 0 Å². The van der Waals surface area contributed by atoms with Crippen LogP contribution in [-0.2, 0) is 11.3 Å². The summed E-state index contributed by atoms with van der Waals surface area (Å²) >= 11 is 0. The smallest absolute Gasteiger partial charge is 0.0720 e. The lowest BCUT2D eigenvalue weighted by atomic mass is 9.93. The van der Waals surface area contributed by atoms with Crippen LogP contribution >= 0.6 is 0 Å². The highest BCUT2D eigenvalue weighted by molar-refractivity contribution is 5.13. The maximum atomic E-state index is 5.97. The first-order valence-corrected chi connectivity index (χ1v) is 6.77. The Morgan fingerprint density at radius 2 is 1.82 bits per heavy atom. The molecule has 0 aliphatic heterocycles. The molecule has 1 aliphatic carbocycles. The van der Waals surface area contributed by atoms with Gasteiger partial charge in [0.15, 0.2) is 0 Å². The fourth-order valence-corrected chi connectivity index (χ4v) is 2.51. The van der Waals surface area contributed by atoms with Crippen molar-refractivity contribution >= 4 is 0 Å². The van der Waals surface area contributed by atoms with Crippen LogP contribution in [0.5, 0.6) is 0 Å². The maximum absolute atomic E-state index is 5.97. The second kappa shape index (κ2) is 6.77. The summed E-state index contributed by atoms with van der Waals surface area (Å²) in [7, 11) is 0. The molecule has 0 amide bonds. The van der Waals surface area contributed by atoms with Gasteiger partial charge in [0.2, 0.25) is 0 Å². The minimum absolute atomic E-state index is 0.463. The fraction of sp³-hybridized carbons (Fsp3) is 0.600. The number of rotatable bonds is 5. The highest BCUT2D eigenvalue weighted by Crippen LogP contribution is 2.22. The minimum Gasteiger partial charge on any atom is -0.374 e. The highest BCUT2D eigenvalue weighted by Gasteiger charge is 2.20. The quantitative estimate of drug-likeness (QED) is 0.843. The van der Waals surface area contributed by atoms with Gasteiger partial charge in [-0.05, 0) is 37.8 Å². The van der Waals surface area contributed by atoms with Gasteiger partial charge in [0, 0.05) is 6.04 Å². The van der Waals surface area contributed by atoms with Gasteiger partial charge in [0.05, 0.1) is 12.7 Å². The molecular weight excluding hydrogens is 210 g/mol. The van der Waals surface area contributed by atoms with Gasteiger partial charge in [-0.25, -0.2) is 0 Å². The molecule has 0 radical (unpaired) electrons. The number of hydrogen-bond donors (Lipinski definition) is 1. The van der Waals surface area contributed by atoms with E-state index in [2.05, 4.69) is 36.5 Å². The van der Waals surface area contributed by atoms with E-state index in [9.17, 15) is 0 Å². The van der Waals surface area contributed by atoms with Crippen LogP contribution in [-0.4, -0.2) is 18.7 Å². The second-order valence-electron chi connectivity index (χ2n) is 4.83. The molecule has 2 heteroatoms. The van der Waals surface area contributed by atoms with Crippen LogP contribution in [0.15, 0.2) is 30.3 Å². The minimum atomic E-state index is 0.463. The van der Waals surface area contributed by atoms with E-state index in [4.69, 9.17) is 4.74 Å². The topological polar surface area (TPSA) is 21.3 Å². The highest BCUT2D eigenvalue weighted by atomic mass is 16.5. The van der Waals surface area contributed by atoms with Crippen LogP contribution in [0.4, 0.5) is 0 Å². The van der Waals surface area contributed by atoms with E-state index in [-0.39, 0.29) is 0 Å². The van der Waals surface area contributed by atoms with Gasteiger partial charge in [-0.3, -0.25) is 0 Å². The number of benzene rings is 1. The zero-order valence-electron chi connectivity index (χ0n) is 10.7. The van der Waals surface area contributed by atoms with Crippen molar-refractivity contribution in [3.8, 4) is 0 Å². The van der Waals surface area contributed by atoms with Crippen LogP contribution in [0, 0.1) is 0 Å². The van der Waals surface area contributed by atoms with Gasteiger partial charge in [-0.1, -0.05) is 37.3 Å². The van der Waals surface area contributed by atoms with Gasteiger partial charge in [-0.15, -0.1) is 0 Å². The molecule has 1 saturated carbocycles. The Hall–Kier alpha value is -0.860. The molecule has 94 valence electrons. The van der Waals surface area contributed by atoms with Crippen molar-refractivity contribution in [2.75, 3.05) is 6.54 Å². The van der Waals surface area contributed by atoms with Gasteiger partial charge in [0.1, 0.15) is 0 Å². The Labute approximate surface area is 104 Å². The van der Waals surface area contributed by atoms with Crippen molar-refractivity contribution < 1.29 is 4.74 Å². The third-order valence-electron chi connectivity index (χ3n) is 3.50. The summed E-state index contributed by atoms with van der Waals surface area (Å²) in [4.78, 5) is 0. The molecule has 0 aromatic heterocycles. The maximum Gasteiger partial charge on any atom is 0.0720 e. The molecular formula is C15H23NO. The number of nitrogens with one attached hydrogen (secondary N) is 1. The number of hydrogen-bond acceptors (Lipinski definition) is 2. The predicted octanol–water partition coefficient (Wildman–Crippen LogP) is 3.12. The third-order valence-corrected chi connectivity index (χ3v) is 3.50. The molecule has 1 aromatic carbocycles. The van der Waals surface area contributed by atoms with E-state index in [1.807, 2.05) is 6.07 Å². The van der Waals surface area contributed by atoms with E-state index in [0.29, 0.717) is 6.10 Å². The Morgan fingerprint density at radius 3 is 2.47 bits per heavy atom. The van der Waals surface area contributed by atoms with E-state index in [0.717, 1.165) is 19.2 Å². The molecule has 1 aliphatic rings.